The Morgan fingerprint density at radius 1 is 1.00 bits per heavy atom. The molecule has 0 fully saturated rings. The van der Waals surface area contributed by atoms with Crippen molar-refractivity contribution in [2.45, 2.75) is 58.7 Å². The third kappa shape index (κ3) is 7.06. The first-order valence-corrected chi connectivity index (χ1v) is 10.5. The third-order valence-corrected chi connectivity index (χ3v) is 5.16. The van der Waals surface area contributed by atoms with Crippen LogP contribution in [0.2, 0.25) is 10.0 Å². The van der Waals surface area contributed by atoms with E-state index in [9.17, 15) is 9.59 Å². The lowest BCUT2D eigenvalue weighted by Gasteiger charge is -2.33. The highest BCUT2D eigenvalue weighted by molar-refractivity contribution is 6.42. The van der Waals surface area contributed by atoms with Gasteiger partial charge in [0.05, 0.1) is 16.5 Å². The molecule has 0 aliphatic rings. The minimum Gasteiger partial charge on any atom is -0.350 e. The molecule has 2 aromatic carbocycles. The first-order valence-electron chi connectivity index (χ1n) is 9.70. The summed E-state index contributed by atoms with van der Waals surface area (Å²) in [6.45, 7) is 8.05. The van der Waals surface area contributed by atoms with Crippen LogP contribution in [0.3, 0.4) is 0 Å². The maximum absolute atomic E-state index is 13.3. The van der Waals surface area contributed by atoms with E-state index < -0.39 is 6.04 Å². The molecule has 0 unspecified atom stereocenters. The van der Waals surface area contributed by atoms with E-state index in [-0.39, 0.29) is 23.8 Å². The molecule has 29 heavy (non-hydrogen) atoms. The Labute approximate surface area is 183 Å². The van der Waals surface area contributed by atoms with Crippen molar-refractivity contribution in [3.8, 4) is 0 Å². The largest absolute Gasteiger partial charge is 0.350 e. The highest BCUT2D eigenvalue weighted by Gasteiger charge is 2.30. The molecule has 2 amide bonds. The molecular formula is C23H28Cl2N2O2. The fraction of sp³-hybridized carbons (Fsp3) is 0.391. The van der Waals surface area contributed by atoms with Crippen molar-refractivity contribution in [2.75, 3.05) is 0 Å². The van der Waals surface area contributed by atoms with Crippen LogP contribution >= 0.6 is 23.2 Å². The summed E-state index contributed by atoms with van der Waals surface area (Å²) < 4.78 is 0. The zero-order chi connectivity index (χ0) is 21.6. The van der Waals surface area contributed by atoms with Gasteiger partial charge in [0.25, 0.3) is 0 Å². The van der Waals surface area contributed by atoms with E-state index in [0.717, 1.165) is 11.1 Å². The second-order valence-electron chi connectivity index (χ2n) is 8.10. The van der Waals surface area contributed by atoms with Crippen molar-refractivity contribution >= 4 is 35.0 Å². The Kier molecular flexibility index (Phi) is 8.12. The number of rotatable bonds is 7. The minimum atomic E-state index is -0.565. The monoisotopic (exact) mass is 434 g/mol. The van der Waals surface area contributed by atoms with Crippen molar-refractivity contribution in [1.29, 1.82) is 0 Å². The number of halogens is 2. The molecular weight excluding hydrogens is 407 g/mol. The SMILES string of the molecule is CC[C@@H](C(=O)NC(C)(C)C)N(Cc1ccccc1)C(=O)Cc1ccc(Cl)c(Cl)c1. The van der Waals surface area contributed by atoms with Gasteiger partial charge in [-0.3, -0.25) is 9.59 Å². The molecule has 0 saturated carbocycles. The molecule has 0 aliphatic heterocycles. The van der Waals surface area contributed by atoms with Crippen LogP contribution in [0.4, 0.5) is 0 Å². The summed E-state index contributed by atoms with van der Waals surface area (Å²) in [4.78, 5) is 27.8. The molecule has 1 atom stereocenters. The van der Waals surface area contributed by atoms with Crippen LogP contribution in [-0.4, -0.2) is 28.3 Å². The van der Waals surface area contributed by atoms with E-state index in [4.69, 9.17) is 23.2 Å². The Balaban J connectivity index is 2.30. The van der Waals surface area contributed by atoms with Crippen molar-refractivity contribution in [2.24, 2.45) is 0 Å². The van der Waals surface area contributed by atoms with Gasteiger partial charge in [0.1, 0.15) is 6.04 Å². The second kappa shape index (κ2) is 10.1. The van der Waals surface area contributed by atoms with E-state index in [2.05, 4.69) is 5.32 Å². The van der Waals surface area contributed by atoms with Gasteiger partial charge in [0.2, 0.25) is 11.8 Å². The molecule has 0 aromatic heterocycles. The van der Waals surface area contributed by atoms with Gasteiger partial charge >= 0.3 is 0 Å². The molecule has 1 N–H and O–H groups in total. The first kappa shape index (κ1) is 23.2. The summed E-state index contributed by atoms with van der Waals surface area (Å²) in [5, 5.41) is 3.85. The Bertz CT molecular complexity index is 848. The van der Waals surface area contributed by atoms with Gasteiger partial charge in [-0.15, -0.1) is 0 Å². The average molecular weight is 435 g/mol. The van der Waals surface area contributed by atoms with E-state index in [1.807, 2.05) is 58.0 Å². The summed E-state index contributed by atoms with van der Waals surface area (Å²) in [7, 11) is 0. The lowest BCUT2D eigenvalue weighted by Crippen LogP contribution is -2.53. The lowest BCUT2D eigenvalue weighted by atomic mass is 10.0. The summed E-state index contributed by atoms with van der Waals surface area (Å²) in [5.41, 5.74) is 1.35. The third-order valence-electron chi connectivity index (χ3n) is 4.42. The predicted molar refractivity (Wildman–Crippen MR) is 119 cm³/mol. The number of amides is 2. The standard InChI is InChI=1S/C23H28Cl2N2O2/c1-5-20(22(29)26-23(2,3)4)27(15-16-9-7-6-8-10-16)21(28)14-17-11-12-18(24)19(25)13-17/h6-13,20H,5,14-15H2,1-4H3,(H,26,29)/t20-/m0/s1. The number of carbonyl (C=O) groups is 2. The Hall–Kier alpha value is -2.04. The van der Waals surface area contributed by atoms with E-state index in [0.29, 0.717) is 23.0 Å². The first-order chi connectivity index (χ1) is 13.6. The molecule has 0 aliphatic carbocycles. The van der Waals surface area contributed by atoms with Crippen LogP contribution in [0.1, 0.15) is 45.2 Å². The van der Waals surface area contributed by atoms with Gasteiger partial charge in [0, 0.05) is 12.1 Å². The van der Waals surface area contributed by atoms with Crippen LogP contribution in [-0.2, 0) is 22.6 Å². The van der Waals surface area contributed by atoms with E-state index in [1.54, 1.807) is 23.1 Å². The molecule has 0 spiro atoms. The lowest BCUT2D eigenvalue weighted by molar-refractivity contribution is -0.141. The molecule has 2 aromatic rings. The maximum atomic E-state index is 13.3. The zero-order valence-electron chi connectivity index (χ0n) is 17.3. The molecule has 156 valence electrons. The van der Waals surface area contributed by atoms with Crippen molar-refractivity contribution in [1.82, 2.24) is 10.2 Å². The molecule has 4 nitrogen and oxygen atoms in total. The van der Waals surface area contributed by atoms with E-state index >= 15 is 0 Å². The van der Waals surface area contributed by atoms with Crippen LogP contribution in [0.15, 0.2) is 48.5 Å². The normalized spacial score (nSPS) is 12.3. The molecule has 0 heterocycles. The highest BCUT2D eigenvalue weighted by atomic mass is 35.5. The Morgan fingerprint density at radius 2 is 1.66 bits per heavy atom. The van der Waals surface area contributed by atoms with Crippen LogP contribution in [0.25, 0.3) is 0 Å². The fourth-order valence-corrected chi connectivity index (χ4v) is 3.40. The van der Waals surface area contributed by atoms with Crippen molar-refractivity contribution in [3.05, 3.63) is 69.7 Å². The molecule has 2 rings (SSSR count). The van der Waals surface area contributed by atoms with Gasteiger partial charge in [0.15, 0.2) is 0 Å². The predicted octanol–water partition coefficient (Wildman–Crippen LogP) is 5.26. The average Bonchev–Trinajstić information content (AvgIpc) is 2.64. The van der Waals surface area contributed by atoms with Crippen LogP contribution in [0, 0.1) is 0 Å². The summed E-state index contributed by atoms with van der Waals surface area (Å²) >= 11 is 12.1. The molecule has 6 heteroatoms. The smallest absolute Gasteiger partial charge is 0.243 e. The molecule has 0 radical (unpaired) electrons. The fourth-order valence-electron chi connectivity index (χ4n) is 3.08. The number of carbonyl (C=O) groups excluding carboxylic acids is 2. The van der Waals surface area contributed by atoms with Crippen molar-refractivity contribution < 1.29 is 9.59 Å². The summed E-state index contributed by atoms with van der Waals surface area (Å²) in [5.74, 6) is -0.290. The topological polar surface area (TPSA) is 49.4 Å². The van der Waals surface area contributed by atoms with Crippen LogP contribution in [0.5, 0.6) is 0 Å². The van der Waals surface area contributed by atoms with Crippen molar-refractivity contribution in [3.63, 3.8) is 0 Å². The number of nitrogens with one attached hydrogen (secondary N) is 1. The maximum Gasteiger partial charge on any atom is 0.243 e. The van der Waals surface area contributed by atoms with E-state index in [1.165, 1.54) is 0 Å². The molecule has 0 bridgehead atoms. The number of nitrogens with zero attached hydrogens (tertiary/aromatic N) is 1. The second-order valence-corrected chi connectivity index (χ2v) is 8.91. The summed E-state index contributed by atoms with van der Waals surface area (Å²) in [6.07, 6.45) is 0.658. The highest BCUT2D eigenvalue weighted by Crippen LogP contribution is 2.23. The number of hydrogen-bond donors (Lipinski definition) is 1. The van der Waals surface area contributed by atoms with Gasteiger partial charge in [-0.1, -0.05) is 66.5 Å². The zero-order valence-corrected chi connectivity index (χ0v) is 18.8. The van der Waals surface area contributed by atoms with Crippen LogP contribution < -0.4 is 5.32 Å². The number of hydrogen-bond acceptors (Lipinski definition) is 2. The Morgan fingerprint density at radius 3 is 2.21 bits per heavy atom. The quantitative estimate of drug-likeness (QED) is 0.645. The van der Waals surface area contributed by atoms with Gasteiger partial charge in [-0.2, -0.15) is 0 Å². The minimum absolute atomic E-state index is 0.136. The van der Waals surface area contributed by atoms with Gasteiger partial charge in [-0.05, 0) is 50.5 Å². The number of benzene rings is 2. The van der Waals surface area contributed by atoms with Gasteiger partial charge in [-0.25, -0.2) is 0 Å². The van der Waals surface area contributed by atoms with Gasteiger partial charge < -0.3 is 10.2 Å². The summed E-state index contributed by atoms with van der Waals surface area (Å²) in [6, 6.07) is 14.3. The molecule has 0 saturated heterocycles.